The van der Waals surface area contributed by atoms with E-state index >= 15 is 0 Å². The molecular weight excluding hydrogens is 145 g/mol. The van der Waals surface area contributed by atoms with Crippen molar-refractivity contribution in [3.05, 3.63) is 6.54 Å². The van der Waals surface area contributed by atoms with Gasteiger partial charge in [0.1, 0.15) is 5.71 Å². The van der Waals surface area contributed by atoms with E-state index < -0.39 is 11.9 Å². The molecule has 0 fully saturated rings. The maximum Gasteiger partial charge on any atom is 0.431 e. The Kier molecular flexibility index (Phi) is 1.58. The summed E-state index contributed by atoms with van der Waals surface area (Å²) in [4.78, 5) is 0. The van der Waals surface area contributed by atoms with Gasteiger partial charge >= 0.3 is 6.18 Å². The van der Waals surface area contributed by atoms with Crippen LogP contribution in [-0.4, -0.2) is 23.9 Å². The van der Waals surface area contributed by atoms with Crippen LogP contribution >= 0.6 is 0 Å². The first-order valence-electron chi connectivity index (χ1n) is 2.71. The van der Waals surface area contributed by atoms with Crippen molar-refractivity contribution in [2.24, 2.45) is 5.10 Å². The lowest BCUT2D eigenvalue weighted by Crippen LogP contribution is -2.20. The van der Waals surface area contributed by atoms with Gasteiger partial charge in [-0.05, 0) is 0 Å². The Morgan fingerprint density at radius 1 is 1.60 bits per heavy atom. The van der Waals surface area contributed by atoms with E-state index in [2.05, 4.69) is 5.10 Å². The lowest BCUT2D eigenvalue weighted by Gasteiger charge is -2.02. The number of alkyl halides is 3. The number of nitrogens with zero attached hydrogens (tertiary/aromatic N) is 2. The van der Waals surface area contributed by atoms with E-state index in [0.717, 1.165) is 0 Å². The summed E-state index contributed by atoms with van der Waals surface area (Å²) in [7, 11) is 1.47. The highest BCUT2D eigenvalue weighted by Gasteiger charge is 2.38. The van der Waals surface area contributed by atoms with E-state index in [9.17, 15) is 13.2 Å². The van der Waals surface area contributed by atoms with Crippen LogP contribution in [0, 0.1) is 6.54 Å². The van der Waals surface area contributed by atoms with E-state index in [0.29, 0.717) is 0 Å². The van der Waals surface area contributed by atoms with Gasteiger partial charge in [-0.2, -0.15) is 18.3 Å². The van der Waals surface area contributed by atoms with Gasteiger partial charge in [-0.3, -0.25) is 5.01 Å². The minimum atomic E-state index is -4.26. The normalized spacial score (nSPS) is 19.6. The van der Waals surface area contributed by atoms with Crippen LogP contribution in [0.5, 0.6) is 0 Å². The minimum absolute atomic E-state index is 0.111. The molecule has 0 spiro atoms. The third kappa shape index (κ3) is 1.40. The molecular formula is C5H6F3N2. The highest BCUT2D eigenvalue weighted by molar-refractivity contribution is 5.91. The summed E-state index contributed by atoms with van der Waals surface area (Å²) in [5, 5.41) is 4.40. The summed E-state index contributed by atoms with van der Waals surface area (Å²) in [6.45, 7) is 1.38. The van der Waals surface area contributed by atoms with Gasteiger partial charge in [-0.25, -0.2) is 0 Å². The van der Waals surface area contributed by atoms with Crippen molar-refractivity contribution < 1.29 is 13.2 Å². The predicted octanol–water partition coefficient (Wildman–Crippen LogP) is 1.40. The molecule has 0 N–H and O–H groups in total. The van der Waals surface area contributed by atoms with Crippen LogP contribution in [0.3, 0.4) is 0 Å². The lowest BCUT2D eigenvalue weighted by atomic mass is 10.3. The Bertz CT molecular complexity index is 161. The van der Waals surface area contributed by atoms with E-state index in [1.54, 1.807) is 0 Å². The average molecular weight is 151 g/mol. The fourth-order valence-electron chi connectivity index (χ4n) is 0.663. The fraction of sp³-hybridized carbons (Fsp3) is 0.600. The number of hydrogen-bond acceptors (Lipinski definition) is 2. The molecule has 2 nitrogen and oxygen atoms in total. The van der Waals surface area contributed by atoms with Crippen LogP contribution in [0.1, 0.15) is 6.42 Å². The molecule has 0 aromatic carbocycles. The monoisotopic (exact) mass is 151 g/mol. The zero-order valence-corrected chi connectivity index (χ0v) is 5.31. The van der Waals surface area contributed by atoms with Crippen molar-refractivity contribution in [3.63, 3.8) is 0 Å². The maximum atomic E-state index is 11.8. The molecule has 1 aliphatic rings. The minimum Gasteiger partial charge on any atom is -0.294 e. The summed E-state index contributed by atoms with van der Waals surface area (Å²) in [6, 6.07) is 0. The zero-order valence-electron chi connectivity index (χ0n) is 5.31. The number of hydrogen-bond donors (Lipinski definition) is 0. The van der Waals surface area contributed by atoms with Crippen LogP contribution in [0.2, 0.25) is 0 Å². The summed E-state index contributed by atoms with van der Waals surface area (Å²) in [5.74, 6) is 0. The molecule has 0 unspecified atom stereocenters. The molecule has 0 aromatic rings. The third-order valence-electron chi connectivity index (χ3n) is 1.15. The molecule has 0 aromatic heterocycles. The molecule has 1 rings (SSSR count). The number of rotatable bonds is 0. The van der Waals surface area contributed by atoms with Gasteiger partial charge in [0.2, 0.25) is 0 Å². The molecule has 0 saturated carbocycles. The third-order valence-corrected chi connectivity index (χ3v) is 1.15. The van der Waals surface area contributed by atoms with E-state index in [-0.39, 0.29) is 6.42 Å². The maximum absolute atomic E-state index is 11.8. The Morgan fingerprint density at radius 3 is 2.40 bits per heavy atom. The quantitative estimate of drug-likeness (QED) is 0.511. The van der Waals surface area contributed by atoms with Crippen molar-refractivity contribution >= 4 is 5.71 Å². The van der Waals surface area contributed by atoms with E-state index in [1.165, 1.54) is 18.6 Å². The number of hydrazone groups is 1. The smallest absolute Gasteiger partial charge is 0.294 e. The highest BCUT2D eigenvalue weighted by atomic mass is 19.4. The summed E-state index contributed by atoms with van der Waals surface area (Å²) >= 11 is 0. The lowest BCUT2D eigenvalue weighted by molar-refractivity contribution is -0.0600. The van der Waals surface area contributed by atoms with Crippen LogP contribution in [0.25, 0.3) is 0 Å². The average Bonchev–Trinajstić information content (AvgIpc) is 2.11. The van der Waals surface area contributed by atoms with Gasteiger partial charge in [0.15, 0.2) is 0 Å². The Labute approximate surface area is 56.3 Å². The first-order valence-corrected chi connectivity index (χ1v) is 2.71. The largest absolute Gasteiger partial charge is 0.431 e. The van der Waals surface area contributed by atoms with Gasteiger partial charge in [-0.15, -0.1) is 0 Å². The highest BCUT2D eigenvalue weighted by Crippen LogP contribution is 2.24. The summed E-state index contributed by atoms with van der Waals surface area (Å²) in [6.07, 6.45) is -4.37. The molecule has 57 valence electrons. The van der Waals surface area contributed by atoms with Crippen molar-refractivity contribution in [1.82, 2.24) is 5.01 Å². The van der Waals surface area contributed by atoms with E-state index in [1.807, 2.05) is 0 Å². The van der Waals surface area contributed by atoms with Gasteiger partial charge in [0.25, 0.3) is 0 Å². The Hall–Kier alpha value is -0.740. The molecule has 1 aliphatic heterocycles. The summed E-state index contributed by atoms with van der Waals surface area (Å²) in [5.41, 5.74) is -0.727. The molecule has 0 atom stereocenters. The topological polar surface area (TPSA) is 15.6 Å². The Morgan fingerprint density at radius 2 is 2.20 bits per heavy atom. The second-order valence-electron chi connectivity index (χ2n) is 2.00. The molecule has 1 heterocycles. The van der Waals surface area contributed by atoms with Gasteiger partial charge in [-0.1, -0.05) is 0 Å². The van der Waals surface area contributed by atoms with Crippen molar-refractivity contribution in [2.45, 2.75) is 12.6 Å². The zero-order chi connectivity index (χ0) is 7.78. The molecule has 5 heteroatoms. The van der Waals surface area contributed by atoms with Crippen molar-refractivity contribution in [3.8, 4) is 0 Å². The molecule has 0 bridgehead atoms. The van der Waals surface area contributed by atoms with Crippen LogP contribution in [-0.2, 0) is 0 Å². The molecule has 0 saturated heterocycles. The van der Waals surface area contributed by atoms with Crippen LogP contribution < -0.4 is 0 Å². The fourth-order valence-corrected chi connectivity index (χ4v) is 0.663. The van der Waals surface area contributed by atoms with Crippen molar-refractivity contribution in [1.29, 1.82) is 0 Å². The van der Waals surface area contributed by atoms with Crippen LogP contribution in [0.15, 0.2) is 5.10 Å². The SMILES string of the molecule is CN1[CH]CC(C(F)(F)F)=N1. The first kappa shape index (κ1) is 7.37. The molecule has 0 amide bonds. The predicted molar refractivity (Wildman–Crippen MR) is 30.2 cm³/mol. The molecule has 1 radical (unpaired) electrons. The van der Waals surface area contributed by atoms with Gasteiger partial charge in [0, 0.05) is 13.5 Å². The standard InChI is InChI=1S/C5H6F3N2/c1-10-3-2-4(9-10)5(6,7)8/h3H,2H2,1H3. The first-order chi connectivity index (χ1) is 4.50. The second kappa shape index (κ2) is 2.14. The molecule has 0 aliphatic carbocycles. The van der Waals surface area contributed by atoms with Crippen LogP contribution in [0.4, 0.5) is 13.2 Å². The number of halogens is 3. The Balaban J connectivity index is 2.67. The molecule has 10 heavy (non-hydrogen) atoms. The van der Waals surface area contributed by atoms with Gasteiger partial charge < -0.3 is 0 Å². The van der Waals surface area contributed by atoms with Gasteiger partial charge in [0.05, 0.1) is 6.54 Å². The summed E-state index contributed by atoms with van der Waals surface area (Å²) < 4.78 is 35.3. The second-order valence-corrected chi connectivity index (χ2v) is 2.00. The van der Waals surface area contributed by atoms with E-state index in [4.69, 9.17) is 0 Å². The van der Waals surface area contributed by atoms with Crippen molar-refractivity contribution in [2.75, 3.05) is 7.05 Å².